The van der Waals surface area contributed by atoms with Crippen LogP contribution in [0.15, 0.2) is 36.4 Å². The second kappa shape index (κ2) is 5.35. The van der Waals surface area contributed by atoms with Crippen molar-refractivity contribution in [1.29, 1.82) is 0 Å². The van der Waals surface area contributed by atoms with Crippen LogP contribution in [0.25, 0.3) is 0 Å². The highest BCUT2D eigenvalue weighted by Crippen LogP contribution is 2.36. The number of phenols is 2. The van der Waals surface area contributed by atoms with Crippen LogP contribution in [0.4, 0.5) is 0 Å². The number of aromatic hydroxyl groups is 2. The number of benzene rings is 2. The Balaban J connectivity index is 2.11. The number of hydrogen-bond donors (Lipinski definition) is 3. The average molecular weight is 290 g/mol. The normalized spacial score (nSPS) is 18.4. The minimum atomic E-state index is -0.0716. The van der Waals surface area contributed by atoms with Crippen LogP contribution in [-0.2, 0) is 6.42 Å². The van der Waals surface area contributed by atoms with Crippen molar-refractivity contribution in [1.82, 2.24) is 5.32 Å². The lowest BCUT2D eigenvalue weighted by Crippen LogP contribution is -2.20. The van der Waals surface area contributed by atoms with E-state index in [-0.39, 0.29) is 17.4 Å². The molecule has 1 atom stereocenters. The first-order valence-corrected chi connectivity index (χ1v) is 7.04. The highest BCUT2D eigenvalue weighted by atomic mass is 35.5. The minimum Gasteiger partial charge on any atom is -0.504 e. The summed E-state index contributed by atoms with van der Waals surface area (Å²) < 4.78 is 0. The number of halogens is 1. The van der Waals surface area contributed by atoms with Crippen molar-refractivity contribution >= 4 is 11.6 Å². The molecule has 3 rings (SSSR count). The van der Waals surface area contributed by atoms with E-state index in [0.717, 1.165) is 36.2 Å². The highest BCUT2D eigenvalue weighted by Gasteiger charge is 2.22. The lowest BCUT2D eigenvalue weighted by Gasteiger charge is -2.19. The number of fused-ring (bicyclic) bond motifs is 1. The zero-order valence-electron chi connectivity index (χ0n) is 10.9. The summed E-state index contributed by atoms with van der Waals surface area (Å²) in [6, 6.07) is 11.1. The molecule has 0 fully saturated rings. The molecule has 3 N–H and O–H groups in total. The maximum Gasteiger partial charge on any atom is 0.157 e. The van der Waals surface area contributed by atoms with Gasteiger partial charge in [0.2, 0.25) is 0 Å². The lowest BCUT2D eigenvalue weighted by atomic mass is 9.88. The molecule has 0 spiro atoms. The van der Waals surface area contributed by atoms with Gasteiger partial charge in [-0.25, -0.2) is 0 Å². The van der Waals surface area contributed by atoms with Crippen molar-refractivity contribution in [2.45, 2.75) is 12.3 Å². The molecular formula is C16H16ClNO2. The zero-order valence-corrected chi connectivity index (χ0v) is 11.7. The van der Waals surface area contributed by atoms with Crippen molar-refractivity contribution in [2.24, 2.45) is 0 Å². The van der Waals surface area contributed by atoms with Gasteiger partial charge in [-0.15, -0.1) is 0 Å². The smallest absolute Gasteiger partial charge is 0.157 e. The van der Waals surface area contributed by atoms with E-state index in [1.54, 1.807) is 12.1 Å². The van der Waals surface area contributed by atoms with Crippen molar-refractivity contribution in [2.75, 3.05) is 13.1 Å². The van der Waals surface area contributed by atoms with E-state index < -0.39 is 0 Å². The van der Waals surface area contributed by atoms with Gasteiger partial charge in [-0.2, -0.15) is 0 Å². The van der Waals surface area contributed by atoms with E-state index in [4.69, 9.17) is 11.6 Å². The van der Waals surface area contributed by atoms with Gasteiger partial charge in [0.05, 0.1) is 0 Å². The molecule has 4 heteroatoms. The summed E-state index contributed by atoms with van der Waals surface area (Å²) in [5.41, 5.74) is 3.22. The Bertz CT molecular complexity index is 642. The summed E-state index contributed by atoms with van der Waals surface area (Å²) in [4.78, 5) is 0. The van der Waals surface area contributed by atoms with Crippen molar-refractivity contribution in [3.05, 3.63) is 58.1 Å². The van der Waals surface area contributed by atoms with Gasteiger partial charge in [-0.3, -0.25) is 0 Å². The van der Waals surface area contributed by atoms with E-state index in [2.05, 4.69) is 5.32 Å². The quantitative estimate of drug-likeness (QED) is 0.707. The highest BCUT2D eigenvalue weighted by molar-refractivity contribution is 6.30. The minimum absolute atomic E-state index is 0.0597. The molecule has 0 aliphatic carbocycles. The fourth-order valence-electron chi connectivity index (χ4n) is 2.78. The Morgan fingerprint density at radius 1 is 1.10 bits per heavy atom. The molecule has 2 aromatic carbocycles. The monoisotopic (exact) mass is 289 g/mol. The Morgan fingerprint density at radius 3 is 2.70 bits per heavy atom. The Morgan fingerprint density at radius 2 is 1.90 bits per heavy atom. The molecule has 104 valence electrons. The van der Waals surface area contributed by atoms with Crippen LogP contribution in [0.2, 0.25) is 5.02 Å². The Hall–Kier alpha value is -1.71. The largest absolute Gasteiger partial charge is 0.504 e. The second-order valence-corrected chi connectivity index (χ2v) is 5.54. The van der Waals surface area contributed by atoms with E-state index in [1.165, 1.54) is 0 Å². The third kappa shape index (κ3) is 2.47. The molecule has 1 aliphatic rings. The van der Waals surface area contributed by atoms with Gasteiger partial charge >= 0.3 is 0 Å². The summed E-state index contributed by atoms with van der Waals surface area (Å²) >= 11 is 6.08. The van der Waals surface area contributed by atoms with Crippen LogP contribution in [0.5, 0.6) is 11.5 Å². The maximum absolute atomic E-state index is 9.79. The number of rotatable bonds is 1. The summed E-state index contributed by atoms with van der Waals surface area (Å²) in [5, 5.41) is 23.6. The van der Waals surface area contributed by atoms with E-state index in [0.29, 0.717) is 5.02 Å². The molecule has 2 aromatic rings. The van der Waals surface area contributed by atoms with Crippen molar-refractivity contribution in [3.63, 3.8) is 0 Å². The van der Waals surface area contributed by atoms with Crippen molar-refractivity contribution < 1.29 is 10.2 Å². The molecular weight excluding hydrogens is 274 g/mol. The third-order valence-corrected chi connectivity index (χ3v) is 4.02. The number of nitrogens with one attached hydrogen (secondary N) is 1. The van der Waals surface area contributed by atoms with Gasteiger partial charge < -0.3 is 15.5 Å². The predicted octanol–water partition coefficient (Wildman–Crippen LogP) is 3.03. The summed E-state index contributed by atoms with van der Waals surface area (Å²) in [6.45, 7) is 1.64. The first-order valence-electron chi connectivity index (χ1n) is 6.66. The predicted molar refractivity (Wildman–Crippen MR) is 79.6 cm³/mol. The third-order valence-electron chi connectivity index (χ3n) is 3.78. The Kier molecular flexibility index (Phi) is 3.55. The van der Waals surface area contributed by atoms with Crippen LogP contribution in [0.3, 0.4) is 0 Å². The molecule has 3 nitrogen and oxygen atoms in total. The number of hydrogen-bond acceptors (Lipinski definition) is 3. The molecule has 0 bridgehead atoms. The van der Waals surface area contributed by atoms with Crippen LogP contribution in [-0.4, -0.2) is 23.3 Å². The van der Waals surface area contributed by atoms with Gasteiger partial charge in [-0.05, 0) is 53.9 Å². The second-order valence-electron chi connectivity index (χ2n) is 5.10. The molecule has 0 saturated heterocycles. The zero-order chi connectivity index (χ0) is 14.1. The Labute approximate surface area is 122 Å². The molecule has 20 heavy (non-hydrogen) atoms. The van der Waals surface area contributed by atoms with Gasteiger partial charge in [-0.1, -0.05) is 23.7 Å². The molecule has 1 heterocycles. The van der Waals surface area contributed by atoms with E-state index in [9.17, 15) is 10.2 Å². The topological polar surface area (TPSA) is 52.5 Å². The van der Waals surface area contributed by atoms with Gasteiger partial charge in [0.25, 0.3) is 0 Å². The first-order chi connectivity index (χ1) is 9.65. The summed E-state index contributed by atoms with van der Waals surface area (Å²) in [6.07, 6.45) is 0.834. The van der Waals surface area contributed by atoms with Gasteiger partial charge in [0.15, 0.2) is 11.5 Å². The molecule has 0 radical (unpaired) electrons. The maximum atomic E-state index is 9.79. The summed E-state index contributed by atoms with van der Waals surface area (Å²) in [7, 11) is 0. The lowest BCUT2D eigenvalue weighted by molar-refractivity contribution is 0.402. The van der Waals surface area contributed by atoms with Crippen LogP contribution in [0.1, 0.15) is 22.6 Å². The van der Waals surface area contributed by atoms with E-state index >= 15 is 0 Å². The SMILES string of the molecule is Oc1cc2c(cc1O)C(c1cccc(Cl)c1)CNCC2. The van der Waals surface area contributed by atoms with Gasteiger partial charge in [0, 0.05) is 17.5 Å². The van der Waals surface area contributed by atoms with Crippen LogP contribution >= 0.6 is 11.6 Å². The van der Waals surface area contributed by atoms with Crippen LogP contribution < -0.4 is 5.32 Å². The molecule has 1 unspecified atom stereocenters. The van der Waals surface area contributed by atoms with Crippen LogP contribution in [0, 0.1) is 0 Å². The average Bonchev–Trinajstić information content (AvgIpc) is 2.62. The first kappa shape index (κ1) is 13.3. The van der Waals surface area contributed by atoms with Crippen molar-refractivity contribution in [3.8, 4) is 11.5 Å². The fourth-order valence-corrected chi connectivity index (χ4v) is 2.98. The standard InChI is InChI=1S/C16H16ClNO2/c17-12-3-1-2-10(6-12)14-9-18-5-4-11-7-15(19)16(20)8-13(11)14/h1-3,6-8,14,18-20H,4-5,9H2. The van der Waals surface area contributed by atoms with Gasteiger partial charge in [0.1, 0.15) is 0 Å². The molecule has 0 aromatic heterocycles. The number of phenolic OH excluding ortho intramolecular Hbond substituents is 2. The summed E-state index contributed by atoms with van der Waals surface area (Å²) in [5.74, 6) is -0.00845. The fraction of sp³-hybridized carbons (Fsp3) is 0.250. The molecule has 0 amide bonds. The molecule has 0 saturated carbocycles. The van der Waals surface area contributed by atoms with E-state index in [1.807, 2.05) is 24.3 Å². The molecule has 1 aliphatic heterocycles.